The first-order valence-corrected chi connectivity index (χ1v) is 9.54. The second kappa shape index (κ2) is 10.2. The molecule has 0 N–H and O–H groups in total. The van der Waals surface area contributed by atoms with E-state index in [1.165, 1.54) is 12.1 Å². The van der Waals surface area contributed by atoms with Gasteiger partial charge in [0.25, 0.3) is 0 Å². The van der Waals surface area contributed by atoms with Crippen molar-refractivity contribution in [2.75, 3.05) is 13.2 Å². The van der Waals surface area contributed by atoms with Crippen LogP contribution in [0.5, 0.6) is 5.75 Å². The van der Waals surface area contributed by atoms with Crippen LogP contribution in [0.3, 0.4) is 0 Å². The van der Waals surface area contributed by atoms with Crippen LogP contribution in [0.1, 0.15) is 12.0 Å². The molecule has 0 fully saturated rings. The minimum Gasteiger partial charge on any atom is -0.493 e. The quantitative estimate of drug-likeness (QED) is 0.268. The molecule has 0 radical (unpaired) electrons. The summed E-state index contributed by atoms with van der Waals surface area (Å²) in [6.07, 6.45) is 1.61. The van der Waals surface area contributed by atoms with Crippen molar-refractivity contribution in [2.45, 2.75) is 6.42 Å². The highest BCUT2D eigenvalue weighted by molar-refractivity contribution is 5.81. The Balaban J connectivity index is 1.68. The van der Waals surface area contributed by atoms with Gasteiger partial charge in [0, 0.05) is 23.6 Å². The second-order valence-corrected chi connectivity index (χ2v) is 6.58. The maximum Gasteiger partial charge on any atom is 0.330 e. The van der Waals surface area contributed by atoms with Crippen molar-refractivity contribution in [3.05, 3.63) is 90.5 Å². The molecule has 31 heavy (non-hydrogen) atoms. The maximum atomic E-state index is 14.8. The highest BCUT2D eigenvalue weighted by Gasteiger charge is 2.16. The van der Waals surface area contributed by atoms with E-state index in [0.29, 0.717) is 35.5 Å². The summed E-state index contributed by atoms with van der Waals surface area (Å²) in [5.41, 5.74) is 1.71. The molecule has 6 heteroatoms. The molecule has 0 saturated heterocycles. The van der Waals surface area contributed by atoms with Gasteiger partial charge in [-0.25, -0.2) is 13.6 Å². The van der Waals surface area contributed by atoms with Gasteiger partial charge in [-0.3, -0.25) is 0 Å². The lowest BCUT2D eigenvalue weighted by Crippen LogP contribution is -2.06. The van der Waals surface area contributed by atoms with Crippen LogP contribution in [0.2, 0.25) is 0 Å². The predicted molar refractivity (Wildman–Crippen MR) is 113 cm³/mol. The summed E-state index contributed by atoms with van der Waals surface area (Å²) in [5.74, 6) is -1.81. The molecule has 0 aliphatic rings. The highest BCUT2D eigenvalue weighted by Crippen LogP contribution is 2.32. The lowest BCUT2D eigenvalue weighted by molar-refractivity contribution is -0.137. The molecule has 0 aromatic heterocycles. The summed E-state index contributed by atoms with van der Waals surface area (Å²) >= 11 is 0. The van der Waals surface area contributed by atoms with Crippen LogP contribution in [0, 0.1) is 23.0 Å². The van der Waals surface area contributed by atoms with Gasteiger partial charge in [0.05, 0.1) is 24.8 Å². The van der Waals surface area contributed by atoms with E-state index in [9.17, 15) is 13.6 Å². The summed E-state index contributed by atoms with van der Waals surface area (Å²) < 4.78 is 39.9. The molecule has 3 rings (SSSR count). The highest BCUT2D eigenvalue weighted by atomic mass is 19.2. The number of hydrogen-bond acceptors (Lipinski definition) is 4. The molecular weight excluding hydrogens is 400 g/mol. The molecule has 0 bridgehead atoms. The first-order valence-electron chi connectivity index (χ1n) is 9.54. The van der Waals surface area contributed by atoms with Gasteiger partial charge in [-0.15, -0.1) is 0 Å². The SMILES string of the molecule is C=CC(=O)OCCCOc1ccc(-c2ccc(-c3ccc(C#N)cc3)c(F)c2F)cc1. The molecule has 0 heterocycles. The van der Waals surface area contributed by atoms with Gasteiger partial charge >= 0.3 is 5.97 Å². The standard InChI is InChI=1S/C25H19F2NO3/c1-2-23(29)31-15-3-14-30-20-10-8-19(9-11-20)22-13-12-21(24(26)25(22)27)18-6-4-17(16-28)5-7-18/h2,4-13H,1,3,14-15H2. The zero-order chi connectivity index (χ0) is 22.2. The van der Waals surface area contributed by atoms with Crippen LogP contribution >= 0.6 is 0 Å². The monoisotopic (exact) mass is 419 g/mol. The van der Waals surface area contributed by atoms with Crippen molar-refractivity contribution in [2.24, 2.45) is 0 Å². The van der Waals surface area contributed by atoms with E-state index >= 15 is 0 Å². The van der Waals surface area contributed by atoms with Crippen molar-refractivity contribution >= 4 is 5.97 Å². The number of nitrogens with zero attached hydrogens (tertiary/aromatic N) is 1. The number of benzene rings is 3. The van der Waals surface area contributed by atoms with Gasteiger partial charge in [-0.05, 0) is 35.4 Å². The Hall–Kier alpha value is -3.98. The Morgan fingerprint density at radius 3 is 1.97 bits per heavy atom. The lowest BCUT2D eigenvalue weighted by Gasteiger charge is -2.11. The van der Waals surface area contributed by atoms with Crippen LogP contribution in [-0.4, -0.2) is 19.2 Å². The predicted octanol–water partition coefficient (Wildman–Crippen LogP) is 5.67. The van der Waals surface area contributed by atoms with Crippen molar-refractivity contribution < 1.29 is 23.0 Å². The van der Waals surface area contributed by atoms with Crippen LogP contribution in [-0.2, 0) is 9.53 Å². The molecule has 3 aromatic rings. The number of hydrogen-bond donors (Lipinski definition) is 0. The summed E-state index contributed by atoms with van der Waals surface area (Å²) in [4.78, 5) is 10.9. The Morgan fingerprint density at radius 1 is 0.903 bits per heavy atom. The van der Waals surface area contributed by atoms with Crippen LogP contribution in [0.25, 0.3) is 22.3 Å². The number of ether oxygens (including phenoxy) is 2. The van der Waals surface area contributed by atoms with Gasteiger partial charge < -0.3 is 9.47 Å². The Morgan fingerprint density at radius 2 is 1.45 bits per heavy atom. The number of carbonyl (C=O) groups excluding carboxylic acids is 1. The van der Waals surface area contributed by atoms with Gasteiger partial charge in [-0.2, -0.15) is 5.26 Å². The number of esters is 1. The van der Waals surface area contributed by atoms with E-state index in [2.05, 4.69) is 6.58 Å². The average Bonchev–Trinajstić information content (AvgIpc) is 2.81. The first-order chi connectivity index (χ1) is 15.0. The largest absolute Gasteiger partial charge is 0.493 e. The number of carbonyl (C=O) groups is 1. The van der Waals surface area contributed by atoms with Crippen molar-refractivity contribution in [1.82, 2.24) is 0 Å². The molecule has 0 amide bonds. The van der Waals surface area contributed by atoms with E-state index in [0.717, 1.165) is 6.08 Å². The summed E-state index contributed by atoms with van der Waals surface area (Å²) in [7, 11) is 0. The molecule has 0 aliphatic carbocycles. The summed E-state index contributed by atoms with van der Waals surface area (Å²) in [6, 6.07) is 17.9. The molecule has 3 aromatic carbocycles. The van der Waals surface area contributed by atoms with Crippen molar-refractivity contribution in [3.63, 3.8) is 0 Å². The minimum absolute atomic E-state index is 0.128. The third kappa shape index (κ3) is 5.34. The molecule has 0 saturated carbocycles. The minimum atomic E-state index is -0.948. The topological polar surface area (TPSA) is 59.3 Å². The van der Waals surface area contributed by atoms with Crippen LogP contribution < -0.4 is 4.74 Å². The molecule has 0 aliphatic heterocycles. The maximum absolute atomic E-state index is 14.8. The second-order valence-electron chi connectivity index (χ2n) is 6.58. The smallest absolute Gasteiger partial charge is 0.330 e. The number of halogens is 2. The Bertz CT molecular complexity index is 1120. The Labute approximate surface area is 179 Å². The van der Waals surface area contributed by atoms with E-state index in [1.54, 1.807) is 48.5 Å². The third-order valence-electron chi connectivity index (χ3n) is 4.54. The fraction of sp³-hybridized carbons (Fsp3) is 0.120. The summed E-state index contributed by atoms with van der Waals surface area (Å²) in [5, 5.41) is 8.87. The number of rotatable bonds is 8. The Kier molecular flexibility index (Phi) is 7.13. The van der Waals surface area contributed by atoms with E-state index in [1.807, 2.05) is 6.07 Å². The molecule has 0 atom stereocenters. The van der Waals surface area contributed by atoms with Gasteiger partial charge in [-0.1, -0.05) is 43.0 Å². The first kappa shape index (κ1) is 21.7. The average molecular weight is 419 g/mol. The molecule has 4 nitrogen and oxygen atoms in total. The van der Waals surface area contributed by atoms with Gasteiger partial charge in [0.2, 0.25) is 0 Å². The zero-order valence-electron chi connectivity index (χ0n) is 16.6. The van der Waals surface area contributed by atoms with Crippen LogP contribution in [0.4, 0.5) is 8.78 Å². The van der Waals surface area contributed by atoms with E-state index < -0.39 is 17.6 Å². The fourth-order valence-corrected chi connectivity index (χ4v) is 2.93. The lowest BCUT2D eigenvalue weighted by atomic mass is 9.98. The van der Waals surface area contributed by atoms with Crippen LogP contribution in [0.15, 0.2) is 73.3 Å². The molecule has 0 unspecified atom stereocenters. The summed E-state index contributed by atoms with van der Waals surface area (Å²) in [6.45, 7) is 3.87. The van der Waals surface area contributed by atoms with Crippen molar-refractivity contribution in [1.29, 1.82) is 5.26 Å². The zero-order valence-corrected chi connectivity index (χ0v) is 16.6. The fourth-order valence-electron chi connectivity index (χ4n) is 2.93. The molecular formula is C25H19F2NO3. The normalized spacial score (nSPS) is 10.2. The van der Waals surface area contributed by atoms with Crippen molar-refractivity contribution in [3.8, 4) is 34.1 Å². The molecule has 0 spiro atoms. The van der Waals surface area contributed by atoms with E-state index in [-0.39, 0.29) is 17.7 Å². The number of nitriles is 1. The van der Waals surface area contributed by atoms with E-state index in [4.69, 9.17) is 14.7 Å². The third-order valence-corrected chi connectivity index (χ3v) is 4.54. The van der Waals surface area contributed by atoms with Gasteiger partial charge in [0.1, 0.15) is 5.75 Å². The van der Waals surface area contributed by atoms with Gasteiger partial charge in [0.15, 0.2) is 11.6 Å². The molecule has 156 valence electrons.